The molecule has 0 radical (unpaired) electrons. The number of amides is 1. The Hall–Kier alpha value is -3.85. The Bertz CT molecular complexity index is 1940. The average molecular weight is 898 g/mol. The van der Waals surface area contributed by atoms with Gasteiger partial charge in [0, 0.05) is 24.7 Å². The number of aliphatic hydroxyl groups is 4. The van der Waals surface area contributed by atoms with Crippen molar-refractivity contribution in [2.75, 3.05) is 7.11 Å². The molecule has 13 atom stereocenters. The molecule has 1 aromatic carbocycles. The smallest absolute Gasteiger partial charge is 0.332 e. The lowest BCUT2D eigenvalue weighted by molar-refractivity contribution is -0.209. The van der Waals surface area contributed by atoms with Gasteiger partial charge in [0.05, 0.1) is 43.4 Å². The van der Waals surface area contributed by atoms with E-state index in [1.165, 1.54) is 31.9 Å². The minimum atomic E-state index is -1.95. The van der Waals surface area contributed by atoms with Gasteiger partial charge in [0.1, 0.15) is 12.2 Å². The highest BCUT2D eigenvalue weighted by Gasteiger charge is 2.68. The molecule has 14 nitrogen and oxygen atoms in total. The molecular weight excluding hydrogens is 823 g/mol. The second-order valence-corrected chi connectivity index (χ2v) is 21.6. The molecule has 4 aliphatic carbocycles. The van der Waals surface area contributed by atoms with Gasteiger partial charge in [-0.15, -0.1) is 0 Å². The lowest BCUT2D eigenvalue weighted by Crippen LogP contribution is -2.62. The lowest BCUT2D eigenvalue weighted by Gasteiger charge is -2.64. The van der Waals surface area contributed by atoms with Crippen molar-refractivity contribution in [3.05, 3.63) is 47.0 Å². The van der Waals surface area contributed by atoms with Gasteiger partial charge in [0.25, 0.3) is 0 Å². The molecule has 64 heavy (non-hydrogen) atoms. The molecule has 0 saturated heterocycles. The first-order valence-corrected chi connectivity index (χ1v) is 23.0. The SMILES string of the molecule is COC(=O)C(NC(=O)CC(C)(O)CC(=O)O[C@H]1[C@H](OC(C)=O)C[C@]2(C)C3=C(CC[C@H]2C1(C)C)[C@]1(C)CC[C@H]([C@H](C)CC[C@@H](O)C(C)(C)O)[C@@]1(C)[C@@H](O)C3)C(OC(C)=O)c1ccccc1. The summed E-state index contributed by atoms with van der Waals surface area (Å²) in [6.07, 6.45) is -0.312. The van der Waals surface area contributed by atoms with E-state index < -0.39 is 107 Å². The normalized spacial score (nSPS) is 32.5. The number of hydrogen-bond acceptors (Lipinski definition) is 13. The molecule has 2 fully saturated rings. The number of aliphatic hydroxyl groups excluding tert-OH is 2. The van der Waals surface area contributed by atoms with E-state index in [9.17, 15) is 44.4 Å². The monoisotopic (exact) mass is 898 g/mol. The van der Waals surface area contributed by atoms with E-state index in [0.717, 1.165) is 39.2 Å². The maximum absolute atomic E-state index is 13.9. The van der Waals surface area contributed by atoms with Crippen LogP contribution in [0.5, 0.6) is 0 Å². The fourth-order valence-electron chi connectivity index (χ4n) is 12.9. The van der Waals surface area contributed by atoms with Crippen molar-refractivity contribution in [2.45, 2.75) is 188 Å². The van der Waals surface area contributed by atoms with Gasteiger partial charge < -0.3 is 44.7 Å². The number of carbonyl (C=O) groups excluding carboxylic acids is 5. The van der Waals surface area contributed by atoms with Crippen LogP contribution in [0.25, 0.3) is 0 Å². The number of allylic oxidation sites excluding steroid dienone is 1. The second-order valence-electron chi connectivity index (χ2n) is 21.6. The van der Waals surface area contributed by atoms with Gasteiger partial charge >= 0.3 is 23.9 Å². The molecule has 5 rings (SSSR count). The summed E-state index contributed by atoms with van der Waals surface area (Å²) in [7, 11) is 1.13. The van der Waals surface area contributed by atoms with Crippen molar-refractivity contribution in [2.24, 2.45) is 39.4 Å². The third-order valence-corrected chi connectivity index (χ3v) is 16.3. The maximum atomic E-state index is 13.9. The minimum Gasteiger partial charge on any atom is -0.467 e. The van der Waals surface area contributed by atoms with Crippen molar-refractivity contribution in [1.82, 2.24) is 5.32 Å². The highest BCUT2D eigenvalue weighted by molar-refractivity contribution is 5.86. The number of benzene rings is 1. The van der Waals surface area contributed by atoms with E-state index in [0.29, 0.717) is 24.8 Å². The molecule has 5 N–H and O–H groups in total. The van der Waals surface area contributed by atoms with E-state index in [2.05, 4.69) is 33.0 Å². The van der Waals surface area contributed by atoms with Gasteiger partial charge in [-0.25, -0.2) is 4.79 Å². The Balaban J connectivity index is 1.35. The largest absolute Gasteiger partial charge is 0.467 e. The molecule has 1 aromatic rings. The Morgan fingerprint density at radius 2 is 1.53 bits per heavy atom. The molecule has 14 heteroatoms. The quantitative estimate of drug-likeness (QED) is 0.0711. The van der Waals surface area contributed by atoms with E-state index in [-0.39, 0.29) is 23.2 Å². The van der Waals surface area contributed by atoms with Crippen LogP contribution in [-0.4, -0.2) is 99.0 Å². The van der Waals surface area contributed by atoms with Gasteiger partial charge in [-0.2, -0.15) is 0 Å². The molecule has 4 aliphatic rings. The topological polar surface area (TPSA) is 215 Å². The van der Waals surface area contributed by atoms with Crippen molar-refractivity contribution < 1.29 is 63.3 Å². The third-order valence-electron chi connectivity index (χ3n) is 16.3. The van der Waals surface area contributed by atoms with Crippen LogP contribution in [0, 0.1) is 39.4 Å². The van der Waals surface area contributed by atoms with Crippen LogP contribution in [0.1, 0.15) is 152 Å². The molecule has 0 spiro atoms. The van der Waals surface area contributed by atoms with Crippen LogP contribution < -0.4 is 5.32 Å². The van der Waals surface area contributed by atoms with Crippen LogP contribution in [0.15, 0.2) is 41.5 Å². The van der Waals surface area contributed by atoms with Gasteiger partial charge in [-0.1, -0.05) is 83.0 Å². The van der Waals surface area contributed by atoms with Gasteiger partial charge in [0.15, 0.2) is 12.1 Å². The summed E-state index contributed by atoms with van der Waals surface area (Å²) in [4.78, 5) is 65.1. The van der Waals surface area contributed by atoms with E-state index in [1.54, 1.807) is 44.2 Å². The molecule has 1 amide bonds. The second kappa shape index (κ2) is 18.8. The van der Waals surface area contributed by atoms with Crippen molar-refractivity contribution in [3.63, 3.8) is 0 Å². The molecule has 0 aromatic heterocycles. The van der Waals surface area contributed by atoms with Gasteiger partial charge in [0.2, 0.25) is 5.91 Å². The Morgan fingerprint density at radius 3 is 2.11 bits per heavy atom. The zero-order valence-corrected chi connectivity index (χ0v) is 40.1. The van der Waals surface area contributed by atoms with E-state index >= 15 is 0 Å². The summed E-state index contributed by atoms with van der Waals surface area (Å²) < 4.78 is 22.6. The van der Waals surface area contributed by atoms with Crippen LogP contribution in [-0.2, 0) is 42.9 Å². The van der Waals surface area contributed by atoms with Crippen LogP contribution in [0.3, 0.4) is 0 Å². The summed E-state index contributed by atoms with van der Waals surface area (Å²) >= 11 is 0. The zero-order valence-electron chi connectivity index (χ0n) is 40.1. The number of rotatable bonds is 16. The number of hydrogen-bond donors (Lipinski definition) is 5. The first kappa shape index (κ1) is 51.1. The van der Waals surface area contributed by atoms with Gasteiger partial charge in [-0.3, -0.25) is 19.2 Å². The summed E-state index contributed by atoms with van der Waals surface area (Å²) in [5.41, 5.74) is -2.16. The number of fused-ring (bicyclic) bond motifs is 4. The molecule has 0 bridgehead atoms. The number of esters is 4. The predicted molar refractivity (Wildman–Crippen MR) is 237 cm³/mol. The van der Waals surface area contributed by atoms with Crippen LogP contribution in [0.2, 0.25) is 0 Å². The fraction of sp³-hybridized carbons (Fsp3) is 0.740. The van der Waals surface area contributed by atoms with Crippen molar-refractivity contribution in [1.29, 1.82) is 0 Å². The third kappa shape index (κ3) is 9.95. The molecular formula is C50H75NO13. The van der Waals surface area contributed by atoms with E-state index in [1.807, 2.05) is 13.8 Å². The van der Waals surface area contributed by atoms with Crippen molar-refractivity contribution >= 4 is 29.8 Å². The Labute approximate surface area is 379 Å². The first-order chi connectivity index (χ1) is 29.5. The lowest BCUT2D eigenvalue weighted by atomic mass is 9.42. The summed E-state index contributed by atoms with van der Waals surface area (Å²) in [5, 5.41) is 47.4. The number of methoxy groups -OCH3 is 1. The highest BCUT2D eigenvalue weighted by Crippen LogP contribution is 2.72. The van der Waals surface area contributed by atoms with Crippen molar-refractivity contribution in [3.8, 4) is 0 Å². The van der Waals surface area contributed by atoms with Crippen LogP contribution >= 0.6 is 0 Å². The fourth-order valence-corrected chi connectivity index (χ4v) is 12.9. The van der Waals surface area contributed by atoms with Gasteiger partial charge in [-0.05, 0) is 106 Å². The molecule has 0 aliphatic heterocycles. The maximum Gasteiger partial charge on any atom is 0.332 e. The Morgan fingerprint density at radius 1 is 0.891 bits per heavy atom. The highest BCUT2D eigenvalue weighted by atomic mass is 16.6. The number of ether oxygens (including phenoxy) is 4. The zero-order chi connectivity index (χ0) is 48.0. The number of carbonyl (C=O) groups is 5. The van der Waals surface area contributed by atoms with Crippen LogP contribution in [0.4, 0.5) is 0 Å². The standard InChI is InChI=1S/C50H75NO13/c1-28(18-21-37(54)46(6,7)59)32-22-23-49(10)33-19-20-36-45(4,5)43(35(62-29(2)52)25-48(36,9)34(33)24-38(55)50(32,49)11)64-40(57)27-47(8,60)26-39(56)51-41(44(58)61-12)42(63-30(3)53)31-16-14-13-15-17-31/h13-17,28,32,35-38,41-43,54-55,59-60H,18-27H2,1-12H3,(H,51,56)/t28-,32-,35-,36+,37-,38+,41?,42?,43+,47?,48-,49+,50+/m1/s1. The summed E-state index contributed by atoms with van der Waals surface area (Å²) in [6.45, 7) is 20.0. The Kier molecular flexibility index (Phi) is 15.0. The average Bonchev–Trinajstić information content (AvgIpc) is 3.47. The molecule has 0 heterocycles. The molecule has 3 unspecified atom stereocenters. The summed E-state index contributed by atoms with van der Waals surface area (Å²) in [5.74, 6) is -3.38. The summed E-state index contributed by atoms with van der Waals surface area (Å²) in [6, 6.07) is 6.89. The first-order valence-electron chi connectivity index (χ1n) is 23.0. The predicted octanol–water partition coefficient (Wildman–Crippen LogP) is 6.20. The van der Waals surface area contributed by atoms with E-state index in [4.69, 9.17) is 18.9 Å². The molecule has 358 valence electrons. The number of nitrogens with one attached hydrogen (secondary N) is 1. The minimum absolute atomic E-state index is 0.0423. The molecule has 2 saturated carbocycles.